The number of carbonyl (C=O) groups is 3. The molecule has 1 heterocycles. The maximum atomic E-state index is 12.9. The topological polar surface area (TPSA) is 80.7 Å². The Morgan fingerprint density at radius 1 is 1.00 bits per heavy atom. The van der Waals surface area contributed by atoms with Gasteiger partial charge in [-0.3, -0.25) is 14.4 Å². The third kappa shape index (κ3) is 2.67. The van der Waals surface area contributed by atoms with E-state index in [0.717, 1.165) is 5.57 Å². The van der Waals surface area contributed by atoms with Gasteiger partial charge in [0.25, 0.3) is 0 Å². The van der Waals surface area contributed by atoms with E-state index in [2.05, 4.69) is 0 Å². The molecule has 2 saturated carbocycles. The molecule has 0 aromatic heterocycles. The number of aliphatic hydroxyl groups is 1. The first kappa shape index (κ1) is 22.7. The number of hydrogen-bond donors (Lipinski definition) is 1. The predicted octanol–water partition coefficient (Wildman–Crippen LogP) is 3.81. The van der Waals surface area contributed by atoms with Gasteiger partial charge in [0, 0.05) is 11.3 Å². The summed E-state index contributed by atoms with van der Waals surface area (Å²) in [5.41, 5.74) is -2.83. The third-order valence-electron chi connectivity index (χ3n) is 8.38. The van der Waals surface area contributed by atoms with Crippen molar-refractivity contribution in [3.63, 3.8) is 0 Å². The van der Waals surface area contributed by atoms with Crippen LogP contribution in [-0.2, 0) is 19.1 Å². The molecule has 3 rings (SSSR count). The van der Waals surface area contributed by atoms with Gasteiger partial charge < -0.3 is 9.84 Å². The highest BCUT2D eigenvalue weighted by atomic mass is 16.6. The Labute approximate surface area is 179 Å². The van der Waals surface area contributed by atoms with Gasteiger partial charge in [-0.25, -0.2) is 0 Å². The van der Waals surface area contributed by atoms with Crippen molar-refractivity contribution < 1.29 is 24.2 Å². The molecule has 5 heteroatoms. The van der Waals surface area contributed by atoms with Crippen molar-refractivity contribution in [2.24, 2.45) is 34.0 Å². The molecule has 1 saturated heterocycles. The molecule has 0 amide bonds. The van der Waals surface area contributed by atoms with Gasteiger partial charge in [0.1, 0.15) is 17.1 Å². The number of rotatable bonds is 4. The summed E-state index contributed by atoms with van der Waals surface area (Å²) in [6.45, 7) is 14.7. The average Bonchev–Trinajstić information content (AvgIpc) is 3.00. The second-order valence-corrected chi connectivity index (χ2v) is 10.5. The molecule has 2 bridgehead atoms. The SMILES string of the molecule is C\C(=C/C=C\C=C\[C@]1(C)[C@H]2OC(=O)[C@]1(C)C(=O)C2(C)C)[C@@H]1[C@@H](C)C(=O)[C@@](C)(O)[C@H]1C. The minimum absolute atomic E-state index is 0.00678. The van der Waals surface area contributed by atoms with Crippen LogP contribution in [0.1, 0.15) is 55.4 Å². The number of allylic oxidation sites excluding steroid dienone is 5. The van der Waals surface area contributed by atoms with Crippen LogP contribution < -0.4 is 0 Å². The fraction of sp³-hybridized carbons (Fsp3) is 0.640. The van der Waals surface area contributed by atoms with Crippen LogP contribution in [0.3, 0.4) is 0 Å². The zero-order chi connectivity index (χ0) is 22.9. The fourth-order valence-corrected chi connectivity index (χ4v) is 6.14. The summed E-state index contributed by atoms with van der Waals surface area (Å²) < 4.78 is 5.58. The minimum Gasteiger partial charge on any atom is -0.460 e. The normalized spacial score (nSPS) is 45.9. The van der Waals surface area contributed by atoms with Crippen LogP contribution in [0.5, 0.6) is 0 Å². The van der Waals surface area contributed by atoms with Gasteiger partial charge in [-0.1, -0.05) is 56.7 Å². The van der Waals surface area contributed by atoms with Gasteiger partial charge in [-0.05, 0) is 46.5 Å². The number of esters is 1. The van der Waals surface area contributed by atoms with Gasteiger partial charge in [-0.2, -0.15) is 0 Å². The first-order chi connectivity index (χ1) is 13.6. The molecule has 2 aliphatic carbocycles. The molecule has 0 aromatic rings. The maximum Gasteiger partial charge on any atom is 0.320 e. The standard InChI is InChI=1S/C25H34O5/c1-14(17-15(2)18(26)25(8,29)16(17)3)12-10-9-11-13-23(6)20-22(4,5)19(27)24(23,7)21(28)30-20/h9-13,15-17,20,29H,1-8H3/b10-9-,13-11+,14-12+/t15-,16+,17-,20+,23-,24+,25+/m1/s1. The summed E-state index contributed by atoms with van der Waals surface area (Å²) in [5.74, 6) is -0.989. The quantitative estimate of drug-likeness (QED) is 0.430. The Morgan fingerprint density at radius 2 is 1.60 bits per heavy atom. The molecule has 1 aliphatic heterocycles. The van der Waals surface area contributed by atoms with Crippen molar-refractivity contribution in [1.29, 1.82) is 0 Å². The lowest BCUT2D eigenvalue weighted by Crippen LogP contribution is -2.44. The van der Waals surface area contributed by atoms with E-state index in [-0.39, 0.29) is 29.3 Å². The fourth-order valence-electron chi connectivity index (χ4n) is 6.14. The Morgan fingerprint density at radius 3 is 2.10 bits per heavy atom. The van der Waals surface area contributed by atoms with Crippen LogP contribution in [0.15, 0.2) is 36.0 Å². The molecular weight excluding hydrogens is 380 g/mol. The van der Waals surface area contributed by atoms with Crippen molar-refractivity contribution >= 4 is 17.5 Å². The van der Waals surface area contributed by atoms with Crippen molar-refractivity contribution in [2.75, 3.05) is 0 Å². The zero-order valence-corrected chi connectivity index (χ0v) is 19.3. The Bertz CT molecular complexity index is 889. The molecule has 0 radical (unpaired) electrons. The van der Waals surface area contributed by atoms with Gasteiger partial charge in [0.05, 0.1) is 5.41 Å². The largest absolute Gasteiger partial charge is 0.460 e. The molecule has 7 atom stereocenters. The summed E-state index contributed by atoms with van der Waals surface area (Å²) >= 11 is 0. The van der Waals surface area contributed by atoms with Crippen molar-refractivity contribution in [2.45, 2.75) is 67.1 Å². The van der Waals surface area contributed by atoms with E-state index >= 15 is 0 Å². The van der Waals surface area contributed by atoms with Crippen LogP contribution in [0, 0.1) is 34.0 Å². The minimum atomic E-state index is -1.29. The summed E-state index contributed by atoms with van der Waals surface area (Å²) in [5, 5.41) is 10.5. The monoisotopic (exact) mass is 414 g/mol. The molecule has 0 aromatic carbocycles. The molecule has 3 fully saturated rings. The second-order valence-electron chi connectivity index (χ2n) is 10.5. The lowest BCUT2D eigenvalue weighted by atomic mass is 9.68. The van der Waals surface area contributed by atoms with E-state index in [9.17, 15) is 19.5 Å². The van der Waals surface area contributed by atoms with Gasteiger partial charge >= 0.3 is 5.97 Å². The Kier molecular flexibility index (Phi) is 5.10. The molecule has 164 valence electrons. The first-order valence-electron chi connectivity index (χ1n) is 10.7. The van der Waals surface area contributed by atoms with E-state index in [1.807, 2.05) is 71.9 Å². The van der Waals surface area contributed by atoms with Crippen LogP contribution >= 0.6 is 0 Å². The number of ether oxygens (including phenoxy) is 1. The highest BCUT2D eigenvalue weighted by molar-refractivity contribution is 6.12. The smallest absolute Gasteiger partial charge is 0.320 e. The Hall–Kier alpha value is -2.01. The van der Waals surface area contributed by atoms with Crippen LogP contribution in [0.2, 0.25) is 0 Å². The zero-order valence-electron chi connectivity index (χ0n) is 19.3. The lowest BCUT2D eigenvalue weighted by molar-refractivity contribution is -0.166. The van der Waals surface area contributed by atoms with E-state index < -0.39 is 33.9 Å². The van der Waals surface area contributed by atoms with E-state index in [1.165, 1.54) is 0 Å². The highest BCUT2D eigenvalue weighted by Gasteiger charge is 2.77. The van der Waals surface area contributed by atoms with Crippen molar-refractivity contribution in [3.8, 4) is 0 Å². The predicted molar refractivity (Wildman–Crippen MR) is 114 cm³/mol. The number of Topliss-reactive ketones (excluding diaryl/α,β-unsaturated/α-hetero) is 2. The molecule has 5 nitrogen and oxygen atoms in total. The van der Waals surface area contributed by atoms with Crippen LogP contribution in [0.4, 0.5) is 0 Å². The van der Waals surface area contributed by atoms with E-state index in [0.29, 0.717) is 0 Å². The maximum absolute atomic E-state index is 12.9. The van der Waals surface area contributed by atoms with Crippen LogP contribution in [-0.4, -0.2) is 34.3 Å². The molecule has 0 spiro atoms. The van der Waals surface area contributed by atoms with Crippen molar-refractivity contribution in [3.05, 3.63) is 36.0 Å². The number of hydrogen-bond acceptors (Lipinski definition) is 5. The van der Waals surface area contributed by atoms with Gasteiger partial charge in [-0.15, -0.1) is 0 Å². The highest BCUT2D eigenvalue weighted by Crippen LogP contribution is 2.64. The molecule has 1 N–H and O–H groups in total. The Balaban J connectivity index is 1.79. The van der Waals surface area contributed by atoms with Crippen LogP contribution in [0.25, 0.3) is 0 Å². The lowest BCUT2D eigenvalue weighted by Gasteiger charge is -2.30. The van der Waals surface area contributed by atoms with Gasteiger partial charge in [0.15, 0.2) is 11.6 Å². The molecule has 0 unspecified atom stereocenters. The summed E-state index contributed by atoms with van der Waals surface area (Å²) in [6, 6.07) is 0. The first-order valence-corrected chi connectivity index (χ1v) is 10.7. The third-order valence-corrected chi connectivity index (χ3v) is 8.38. The van der Waals surface area contributed by atoms with E-state index in [4.69, 9.17) is 4.74 Å². The number of carbonyl (C=O) groups excluding carboxylic acids is 3. The summed E-state index contributed by atoms with van der Waals surface area (Å²) in [7, 11) is 0. The number of ketones is 2. The average molecular weight is 415 g/mol. The number of fused-ring (bicyclic) bond motifs is 2. The summed E-state index contributed by atoms with van der Waals surface area (Å²) in [4.78, 5) is 37.6. The second kappa shape index (κ2) is 6.74. The van der Waals surface area contributed by atoms with Gasteiger partial charge in [0.2, 0.25) is 0 Å². The molecule has 3 aliphatic rings. The molecule has 30 heavy (non-hydrogen) atoms. The van der Waals surface area contributed by atoms with Crippen molar-refractivity contribution in [1.82, 2.24) is 0 Å². The summed E-state index contributed by atoms with van der Waals surface area (Å²) in [6.07, 6.45) is 8.99. The van der Waals surface area contributed by atoms with E-state index in [1.54, 1.807) is 13.8 Å². The molecular formula is C25H34O5.